The van der Waals surface area contributed by atoms with E-state index in [4.69, 9.17) is 15.0 Å². The Morgan fingerprint density at radius 2 is 0.606 bits per heavy atom. The summed E-state index contributed by atoms with van der Waals surface area (Å²) in [5, 5.41) is 16.0. The second kappa shape index (κ2) is 23.1. The second-order valence-electron chi connectivity index (χ2n) is 26.3. The van der Waals surface area contributed by atoms with E-state index < -0.39 is 0 Å². The molecule has 15 rings (SSSR count). The van der Waals surface area contributed by atoms with Crippen LogP contribution < -0.4 is 0 Å². The highest BCUT2D eigenvalue weighted by Gasteiger charge is 2.26. The summed E-state index contributed by atoms with van der Waals surface area (Å²) in [6, 6.07) is 82.1. The van der Waals surface area contributed by atoms with Crippen LogP contribution >= 0.6 is 0 Å². The van der Waals surface area contributed by atoms with E-state index in [0.29, 0.717) is 23.0 Å². The maximum Gasteiger partial charge on any atom is 0.166 e. The monoisotopic (exact) mass is 1210 g/mol. The highest BCUT2D eigenvalue weighted by atomic mass is 15.1. The van der Waals surface area contributed by atoms with Crippen LogP contribution in [0.15, 0.2) is 218 Å². The number of nitriles is 1. The van der Waals surface area contributed by atoms with Crippen molar-refractivity contribution in [1.29, 1.82) is 5.26 Å². The maximum absolute atomic E-state index is 11.5. The normalized spacial score (nSPS) is 11.6. The van der Waals surface area contributed by atoms with Crippen molar-refractivity contribution in [2.45, 2.75) is 83.1 Å². The third kappa shape index (κ3) is 10.1. The molecule has 94 heavy (non-hydrogen) atoms. The molecule has 0 aliphatic rings. The Labute approximate surface area is 550 Å². The van der Waals surface area contributed by atoms with Gasteiger partial charge >= 0.3 is 0 Å². The topological polar surface area (TPSA) is 72.3 Å². The van der Waals surface area contributed by atoms with Gasteiger partial charge in [0.25, 0.3) is 0 Å². The SMILES string of the molecule is Cc1cc(C)c(-c2ccc3c(c2)c2cc(-c4c(C)cc(C)cc4C)ccc2n3-c2ccc(-c3cccc(C#N)c3-n3c4ccc(-c5c(C)cc(C)cc5C)cc4c4cc(-c5c(C)cc(C)cc5C)ccc43)cc2-c2nc(-c3ccccc3)nc(-c3ccccc3)n2)c(C)c1. The number of rotatable bonds is 10. The van der Waals surface area contributed by atoms with Crippen LogP contribution in [0, 0.1) is 94.4 Å². The van der Waals surface area contributed by atoms with Gasteiger partial charge in [-0.2, -0.15) is 5.26 Å². The van der Waals surface area contributed by atoms with E-state index in [9.17, 15) is 5.26 Å². The summed E-state index contributed by atoms with van der Waals surface area (Å²) in [5.41, 5.74) is 35.3. The summed E-state index contributed by atoms with van der Waals surface area (Å²) in [6.45, 7) is 26.5. The number of benzene rings is 12. The summed E-state index contributed by atoms with van der Waals surface area (Å²) in [5.74, 6) is 1.64. The van der Waals surface area contributed by atoms with Crippen molar-refractivity contribution in [2.75, 3.05) is 0 Å². The first-order valence-corrected chi connectivity index (χ1v) is 32.5. The number of hydrogen-bond acceptors (Lipinski definition) is 4. The van der Waals surface area contributed by atoms with Crippen LogP contribution in [0.5, 0.6) is 0 Å². The van der Waals surface area contributed by atoms with Gasteiger partial charge in [0.15, 0.2) is 17.5 Å². The largest absolute Gasteiger partial charge is 0.308 e. The van der Waals surface area contributed by atoms with E-state index in [1.54, 1.807) is 0 Å². The van der Waals surface area contributed by atoms with Crippen LogP contribution in [0.1, 0.15) is 72.3 Å². The van der Waals surface area contributed by atoms with Gasteiger partial charge in [0, 0.05) is 43.8 Å². The van der Waals surface area contributed by atoms with Crippen molar-refractivity contribution in [3.05, 3.63) is 291 Å². The predicted octanol–water partition coefficient (Wildman–Crippen LogP) is 23.0. The van der Waals surface area contributed by atoms with Gasteiger partial charge in [-0.3, -0.25) is 0 Å². The quantitative estimate of drug-likeness (QED) is 0.137. The molecular formula is C88H72N6. The van der Waals surface area contributed by atoms with Gasteiger partial charge in [-0.1, -0.05) is 174 Å². The molecular weight excluding hydrogens is 1140 g/mol. The highest BCUT2D eigenvalue weighted by molar-refractivity contribution is 6.14. The summed E-state index contributed by atoms with van der Waals surface area (Å²) in [4.78, 5) is 16.3. The molecule has 0 radical (unpaired) electrons. The highest BCUT2D eigenvalue weighted by Crippen LogP contribution is 2.46. The summed E-state index contributed by atoms with van der Waals surface area (Å²) >= 11 is 0. The molecule has 0 N–H and O–H groups in total. The summed E-state index contributed by atoms with van der Waals surface area (Å²) < 4.78 is 4.75. The van der Waals surface area contributed by atoms with Crippen LogP contribution in [-0.4, -0.2) is 24.1 Å². The zero-order valence-corrected chi connectivity index (χ0v) is 55.5. The Kier molecular flexibility index (Phi) is 14.5. The van der Waals surface area contributed by atoms with Crippen LogP contribution in [0.2, 0.25) is 0 Å². The van der Waals surface area contributed by atoms with Gasteiger partial charge in [-0.05, 0) is 244 Å². The van der Waals surface area contributed by atoms with Crippen molar-refractivity contribution in [1.82, 2.24) is 24.1 Å². The number of fused-ring (bicyclic) bond motifs is 6. The molecule has 0 fully saturated rings. The van der Waals surface area contributed by atoms with Crippen LogP contribution in [0.25, 0.3) is 145 Å². The molecule has 0 aliphatic heterocycles. The number of aryl methyl sites for hydroxylation is 12. The molecule has 0 bridgehead atoms. The van der Waals surface area contributed by atoms with E-state index in [1.807, 2.05) is 48.5 Å². The molecule has 0 saturated carbocycles. The Hall–Kier alpha value is -11.3. The van der Waals surface area contributed by atoms with E-state index in [-0.39, 0.29) is 0 Å². The lowest BCUT2D eigenvalue weighted by Crippen LogP contribution is -2.05. The lowest BCUT2D eigenvalue weighted by molar-refractivity contribution is 1.06. The molecule has 3 heterocycles. The zero-order valence-electron chi connectivity index (χ0n) is 55.5. The van der Waals surface area contributed by atoms with E-state index in [1.165, 1.54) is 100 Å². The maximum atomic E-state index is 11.5. The zero-order chi connectivity index (χ0) is 65.0. The van der Waals surface area contributed by atoms with Gasteiger partial charge < -0.3 is 9.13 Å². The number of nitrogens with zero attached hydrogens (tertiary/aromatic N) is 6. The minimum absolute atomic E-state index is 0.517. The summed E-state index contributed by atoms with van der Waals surface area (Å²) in [6.07, 6.45) is 0. The van der Waals surface area contributed by atoms with Crippen molar-refractivity contribution >= 4 is 43.6 Å². The lowest BCUT2D eigenvalue weighted by Gasteiger charge is -2.19. The number of hydrogen-bond donors (Lipinski definition) is 0. The van der Waals surface area contributed by atoms with Crippen molar-refractivity contribution in [2.24, 2.45) is 0 Å². The number of para-hydroxylation sites is 1. The van der Waals surface area contributed by atoms with Gasteiger partial charge in [-0.25, -0.2) is 15.0 Å². The average Bonchev–Trinajstić information content (AvgIpc) is 1.57. The standard InChI is InChI=1S/C88H72N6/c1-50-36-54(5)81(55(6)37-50)65-27-32-76-71(45-65)72-46-66(82-56(7)38-51(2)39-57(82)8)28-33-77(72)93(76)80-31-26-64(44-75(80)88-91-86(62-20-15-13-16-21-62)90-87(92-88)63-22-17-14-18-23-63)70-25-19-24-69(49-89)85(70)94-78-34-29-67(83-58(9)40-52(3)41-59(83)10)47-73(78)74-48-68(30-35-79(74)94)84-60(11)42-53(4)43-61(84)12/h13-48H,1-12H3. The summed E-state index contributed by atoms with van der Waals surface area (Å²) in [7, 11) is 0. The molecule has 454 valence electrons. The van der Waals surface area contributed by atoms with Crippen molar-refractivity contribution in [3.8, 4) is 107 Å². The molecule has 12 aromatic carbocycles. The van der Waals surface area contributed by atoms with E-state index in [2.05, 4.69) is 268 Å². The molecule has 0 saturated heterocycles. The molecule has 6 nitrogen and oxygen atoms in total. The molecule has 3 aromatic heterocycles. The van der Waals surface area contributed by atoms with Gasteiger partial charge in [0.2, 0.25) is 0 Å². The smallest absolute Gasteiger partial charge is 0.166 e. The Morgan fingerprint density at radius 1 is 0.277 bits per heavy atom. The van der Waals surface area contributed by atoms with Gasteiger partial charge in [0.05, 0.1) is 39.0 Å². The first-order valence-electron chi connectivity index (χ1n) is 32.5. The molecule has 0 atom stereocenters. The Bertz CT molecular complexity index is 5310. The van der Waals surface area contributed by atoms with Gasteiger partial charge in [0.1, 0.15) is 6.07 Å². The van der Waals surface area contributed by atoms with Crippen LogP contribution in [0.4, 0.5) is 0 Å². The average molecular weight is 1210 g/mol. The van der Waals surface area contributed by atoms with Crippen LogP contribution in [0.3, 0.4) is 0 Å². The fraction of sp³-hybridized carbons (Fsp3) is 0.136. The lowest BCUT2D eigenvalue weighted by atomic mass is 9.91. The molecule has 0 aliphatic carbocycles. The second-order valence-corrected chi connectivity index (χ2v) is 26.3. The molecule has 0 spiro atoms. The van der Waals surface area contributed by atoms with E-state index >= 15 is 0 Å². The van der Waals surface area contributed by atoms with E-state index in [0.717, 1.165) is 93.9 Å². The van der Waals surface area contributed by atoms with Crippen molar-refractivity contribution in [3.63, 3.8) is 0 Å². The third-order valence-electron chi connectivity index (χ3n) is 19.3. The van der Waals surface area contributed by atoms with Crippen molar-refractivity contribution < 1.29 is 0 Å². The molecule has 6 heteroatoms. The molecule has 0 unspecified atom stereocenters. The number of aromatic nitrogens is 5. The minimum atomic E-state index is 0.517. The Morgan fingerprint density at radius 3 is 0.957 bits per heavy atom. The fourth-order valence-electron chi connectivity index (χ4n) is 15.8. The Balaban J connectivity index is 1.03. The molecule has 0 amide bonds. The fourth-order valence-corrected chi connectivity index (χ4v) is 15.8. The molecule has 15 aromatic rings. The first kappa shape index (κ1) is 59.1. The third-order valence-corrected chi connectivity index (χ3v) is 19.3. The first-order chi connectivity index (χ1) is 45.5. The van der Waals surface area contributed by atoms with Gasteiger partial charge in [-0.15, -0.1) is 0 Å². The minimum Gasteiger partial charge on any atom is -0.308 e. The predicted molar refractivity (Wildman–Crippen MR) is 394 cm³/mol. The van der Waals surface area contributed by atoms with Crippen LogP contribution in [-0.2, 0) is 0 Å².